The smallest absolute Gasteiger partial charge is 0.433 e. The molecule has 180 valence electrons. The van der Waals surface area contributed by atoms with Crippen LogP contribution < -0.4 is 10.1 Å². The minimum Gasteiger partial charge on any atom is -0.439 e. The summed E-state index contributed by atoms with van der Waals surface area (Å²) in [6.45, 7) is 4.25. The van der Waals surface area contributed by atoms with Gasteiger partial charge in [0, 0.05) is 19.4 Å². The number of hydrogen-bond donors (Lipinski definition) is 1. The van der Waals surface area contributed by atoms with Crippen LogP contribution in [0.1, 0.15) is 27.4 Å². The Morgan fingerprint density at radius 3 is 2.15 bits per heavy atom. The molecule has 0 fully saturated rings. The van der Waals surface area contributed by atoms with Gasteiger partial charge >= 0.3 is 6.18 Å². The van der Waals surface area contributed by atoms with Gasteiger partial charge in [-0.05, 0) is 36.4 Å². The number of halogens is 3. The lowest BCUT2D eigenvalue weighted by Crippen LogP contribution is -2.07. The molecule has 33 heavy (non-hydrogen) atoms. The van der Waals surface area contributed by atoms with E-state index in [2.05, 4.69) is 24.1 Å². The number of carbonyl (C=O) groups is 1. The van der Waals surface area contributed by atoms with E-state index in [0.717, 1.165) is 12.3 Å². The van der Waals surface area contributed by atoms with E-state index < -0.39 is 21.7 Å². The average Bonchev–Trinajstić information content (AvgIpc) is 2.75. The summed E-state index contributed by atoms with van der Waals surface area (Å²) in [5.41, 5.74) is -0.496. The van der Waals surface area contributed by atoms with Crippen molar-refractivity contribution in [3.8, 4) is 11.6 Å². The first-order valence-corrected chi connectivity index (χ1v) is 11.7. The third-order valence-electron chi connectivity index (χ3n) is 3.47. The lowest BCUT2D eigenvalue weighted by Gasteiger charge is -2.08. The molecule has 1 N–H and O–H groups in total. The van der Waals surface area contributed by atoms with Crippen molar-refractivity contribution in [1.82, 2.24) is 4.98 Å². The van der Waals surface area contributed by atoms with Crippen molar-refractivity contribution >= 4 is 21.9 Å². The highest BCUT2D eigenvalue weighted by atomic mass is 32.2. The number of benzene rings is 2. The number of ether oxygens (including phenoxy) is 1. The number of amides is 1. The first-order chi connectivity index (χ1) is 15.5. The van der Waals surface area contributed by atoms with E-state index >= 15 is 0 Å². The van der Waals surface area contributed by atoms with Crippen molar-refractivity contribution in [2.45, 2.75) is 31.3 Å². The molecular weight excluding hydrogens is 457 g/mol. The first kappa shape index (κ1) is 27.6. The van der Waals surface area contributed by atoms with Crippen LogP contribution in [0.5, 0.6) is 11.6 Å². The van der Waals surface area contributed by atoms with Gasteiger partial charge in [0.2, 0.25) is 12.3 Å². The Labute approximate surface area is 192 Å². The normalized spacial score (nSPS) is 10.6. The van der Waals surface area contributed by atoms with E-state index in [1.807, 2.05) is 0 Å². The molecule has 3 rings (SSSR count). The molecule has 0 spiro atoms. The monoisotopic (exact) mass is 484 g/mol. The van der Waals surface area contributed by atoms with Gasteiger partial charge in [-0.25, -0.2) is 13.4 Å². The molecule has 10 heteroatoms. The van der Waals surface area contributed by atoms with Gasteiger partial charge in [0.1, 0.15) is 11.4 Å². The third-order valence-corrected chi connectivity index (χ3v) is 4.58. The predicted molar refractivity (Wildman–Crippen MR) is 123 cm³/mol. The maximum atomic E-state index is 12.4. The fourth-order valence-electron chi connectivity index (χ4n) is 2.12. The van der Waals surface area contributed by atoms with Crippen LogP contribution in [0.3, 0.4) is 0 Å². The van der Waals surface area contributed by atoms with Crippen LogP contribution in [0.25, 0.3) is 0 Å². The highest BCUT2D eigenvalue weighted by Gasteiger charge is 2.32. The van der Waals surface area contributed by atoms with Crippen LogP contribution in [-0.2, 0) is 20.8 Å². The van der Waals surface area contributed by atoms with Gasteiger partial charge in [-0.3, -0.25) is 4.79 Å². The van der Waals surface area contributed by atoms with Crippen molar-refractivity contribution < 1.29 is 32.5 Å². The second-order valence-corrected chi connectivity index (χ2v) is 8.56. The van der Waals surface area contributed by atoms with E-state index in [4.69, 9.17) is 4.74 Å². The second-order valence-electron chi connectivity index (χ2n) is 6.54. The van der Waals surface area contributed by atoms with Gasteiger partial charge in [-0.1, -0.05) is 50.6 Å². The van der Waals surface area contributed by atoms with Gasteiger partial charge in [0.25, 0.3) is 0 Å². The molecule has 0 unspecified atom stereocenters. The van der Waals surface area contributed by atoms with Crippen LogP contribution in [-0.4, -0.2) is 26.1 Å². The standard InChI is InChI=1S/C12H8F3NO.C8H9NO3S.C3H8.H2/c13-12(14,15)10-7-4-8-11(16-10)17-9-5-2-1-3-6-9;1-13(11,12)8-4-2-3-7(5-8)9-6-10;1-3-2;/h1-8H;2-6H,1H3,(H,9,10);3H2,1-2H3;1H. The molecule has 2 aromatic carbocycles. The molecule has 0 saturated carbocycles. The Hall–Kier alpha value is -3.40. The Bertz CT molecular complexity index is 1110. The summed E-state index contributed by atoms with van der Waals surface area (Å²) in [5, 5.41) is 2.38. The number of carbonyl (C=O) groups excluding carboxylic acids is 1. The number of rotatable bonds is 5. The molecule has 0 saturated heterocycles. The summed E-state index contributed by atoms with van der Waals surface area (Å²) in [4.78, 5) is 13.7. The Balaban J connectivity index is 0.000000575. The minimum atomic E-state index is -4.46. The number of anilines is 1. The van der Waals surface area contributed by atoms with Gasteiger partial charge in [-0.2, -0.15) is 13.2 Å². The molecule has 0 radical (unpaired) electrons. The van der Waals surface area contributed by atoms with Crippen molar-refractivity contribution in [2.75, 3.05) is 11.6 Å². The highest BCUT2D eigenvalue weighted by molar-refractivity contribution is 7.90. The third kappa shape index (κ3) is 10.6. The fraction of sp³-hybridized carbons (Fsp3) is 0.217. The Kier molecular flexibility index (Phi) is 11.1. The van der Waals surface area contributed by atoms with Crippen molar-refractivity contribution in [3.05, 3.63) is 78.5 Å². The van der Waals surface area contributed by atoms with Crippen molar-refractivity contribution in [2.24, 2.45) is 0 Å². The van der Waals surface area contributed by atoms with Crippen LogP contribution in [0, 0.1) is 0 Å². The van der Waals surface area contributed by atoms with Gasteiger partial charge < -0.3 is 10.1 Å². The predicted octanol–water partition coefficient (Wildman–Crippen LogP) is 6.21. The van der Waals surface area contributed by atoms with Crippen molar-refractivity contribution in [3.63, 3.8) is 0 Å². The molecule has 3 aromatic rings. The summed E-state index contributed by atoms with van der Waals surface area (Å²) in [5.74, 6) is 0.366. The first-order valence-electron chi connectivity index (χ1n) is 9.78. The molecule has 6 nitrogen and oxygen atoms in total. The van der Waals surface area contributed by atoms with Crippen LogP contribution in [0.15, 0.2) is 77.7 Å². The van der Waals surface area contributed by atoms with E-state index in [9.17, 15) is 26.4 Å². The van der Waals surface area contributed by atoms with Gasteiger partial charge in [-0.15, -0.1) is 0 Å². The number of nitrogens with one attached hydrogen (secondary N) is 1. The molecular formula is C23H27F3N2O4S. The lowest BCUT2D eigenvalue weighted by atomic mass is 10.3. The quantitative estimate of drug-likeness (QED) is 0.435. The number of hydrogen-bond acceptors (Lipinski definition) is 5. The molecule has 0 aliphatic rings. The van der Waals surface area contributed by atoms with Crippen LogP contribution in [0.2, 0.25) is 0 Å². The molecule has 1 aromatic heterocycles. The number of aromatic nitrogens is 1. The lowest BCUT2D eigenvalue weighted by molar-refractivity contribution is -0.141. The zero-order chi connectivity index (χ0) is 24.9. The number of pyridine rings is 1. The molecule has 0 atom stereocenters. The van der Waals surface area contributed by atoms with E-state index in [-0.39, 0.29) is 12.2 Å². The molecule has 1 heterocycles. The maximum absolute atomic E-state index is 12.4. The average molecular weight is 485 g/mol. The molecule has 1 amide bonds. The SMILES string of the molecule is CCC.CS(=O)(=O)c1cccc(NC=O)c1.FC(F)(F)c1cccc(Oc2ccccc2)n1.[HH]. The number of alkyl halides is 3. The summed E-state index contributed by atoms with van der Waals surface area (Å²) in [6, 6.07) is 18.1. The number of nitrogens with zero attached hydrogens (tertiary/aromatic N) is 1. The summed E-state index contributed by atoms with van der Waals surface area (Å²) in [7, 11) is -3.20. The largest absolute Gasteiger partial charge is 0.439 e. The number of sulfone groups is 1. The second kappa shape index (κ2) is 13.2. The van der Waals surface area contributed by atoms with Crippen LogP contribution in [0.4, 0.5) is 18.9 Å². The zero-order valence-electron chi connectivity index (χ0n) is 18.3. The number of para-hydroxylation sites is 1. The summed E-state index contributed by atoms with van der Waals surface area (Å²) >= 11 is 0. The summed E-state index contributed by atoms with van der Waals surface area (Å²) < 4.78 is 64.5. The molecule has 0 aliphatic carbocycles. The topological polar surface area (TPSA) is 85.4 Å². The molecule has 0 bridgehead atoms. The minimum absolute atomic E-state index is 0. The maximum Gasteiger partial charge on any atom is 0.433 e. The Morgan fingerprint density at radius 1 is 1.00 bits per heavy atom. The Morgan fingerprint density at radius 2 is 1.61 bits per heavy atom. The molecule has 0 aliphatic heterocycles. The van der Waals surface area contributed by atoms with E-state index in [0.29, 0.717) is 17.8 Å². The van der Waals surface area contributed by atoms with Gasteiger partial charge in [0.05, 0.1) is 4.90 Å². The van der Waals surface area contributed by atoms with Crippen LogP contribution >= 0.6 is 0 Å². The fourth-order valence-corrected chi connectivity index (χ4v) is 2.79. The zero-order valence-corrected chi connectivity index (χ0v) is 19.2. The van der Waals surface area contributed by atoms with E-state index in [1.165, 1.54) is 30.7 Å². The highest BCUT2D eigenvalue weighted by Crippen LogP contribution is 2.29. The van der Waals surface area contributed by atoms with Gasteiger partial charge in [0.15, 0.2) is 9.84 Å². The van der Waals surface area contributed by atoms with Crippen molar-refractivity contribution in [1.29, 1.82) is 0 Å². The summed E-state index contributed by atoms with van der Waals surface area (Å²) in [6.07, 6.45) is -1.59. The van der Waals surface area contributed by atoms with E-state index in [1.54, 1.807) is 42.5 Å².